The molecule has 2 fully saturated rings. The zero-order valence-electron chi connectivity index (χ0n) is 13.3. The van der Waals surface area contributed by atoms with Crippen LogP contribution in [0.25, 0.3) is 0 Å². The minimum Gasteiger partial charge on any atom is -0.388 e. The van der Waals surface area contributed by atoms with E-state index in [4.69, 9.17) is 4.74 Å². The molecule has 118 valence electrons. The fourth-order valence-electron chi connectivity index (χ4n) is 3.94. The second-order valence-electron chi connectivity index (χ2n) is 7.14. The van der Waals surface area contributed by atoms with Crippen LogP contribution in [0, 0.1) is 5.92 Å². The van der Waals surface area contributed by atoms with E-state index >= 15 is 0 Å². The summed E-state index contributed by atoms with van der Waals surface area (Å²) in [5.41, 5.74) is 1.01. The van der Waals surface area contributed by atoms with E-state index in [1.165, 1.54) is 32.1 Å². The maximum absolute atomic E-state index is 10.7. The molecule has 1 saturated carbocycles. The van der Waals surface area contributed by atoms with Crippen LogP contribution >= 0.6 is 0 Å². The molecule has 1 spiro atoms. The van der Waals surface area contributed by atoms with Gasteiger partial charge >= 0.3 is 0 Å². The summed E-state index contributed by atoms with van der Waals surface area (Å²) in [5.74, 6) is 0.307. The molecule has 0 aromatic carbocycles. The van der Waals surface area contributed by atoms with Crippen molar-refractivity contribution in [3.05, 3.63) is 18.0 Å². The van der Waals surface area contributed by atoms with Gasteiger partial charge in [0.2, 0.25) is 0 Å². The molecule has 1 aromatic rings. The summed E-state index contributed by atoms with van der Waals surface area (Å²) in [7, 11) is 0. The van der Waals surface area contributed by atoms with Gasteiger partial charge in [-0.05, 0) is 45.4 Å². The highest BCUT2D eigenvalue weighted by atomic mass is 16.5. The lowest BCUT2D eigenvalue weighted by atomic mass is 9.74. The lowest BCUT2D eigenvalue weighted by molar-refractivity contribution is -0.134. The molecule has 2 heterocycles. The third kappa shape index (κ3) is 3.16. The van der Waals surface area contributed by atoms with Crippen molar-refractivity contribution in [3.63, 3.8) is 0 Å². The van der Waals surface area contributed by atoms with Crippen LogP contribution < -0.4 is 0 Å². The van der Waals surface area contributed by atoms with Crippen molar-refractivity contribution in [1.82, 2.24) is 9.78 Å². The van der Waals surface area contributed by atoms with E-state index in [2.05, 4.69) is 18.9 Å². The lowest BCUT2D eigenvalue weighted by Gasteiger charge is -2.44. The molecule has 2 aliphatic rings. The lowest BCUT2D eigenvalue weighted by Crippen LogP contribution is -2.42. The monoisotopic (exact) mass is 292 g/mol. The number of ether oxygens (including phenoxy) is 1. The van der Waals surface area contributed by atoms with Gasteiger partial charge in [0.1, 0.15) is 0 Å². The number of nitrogens with zero attached hydrogens (tertiary/aromatic N) is 2. The van der Waals surface area contributed by atoms with E-state index in [9.17, 15) is 5.11 Å². The van der Waals surface area contributed by atoms with E-state index < -0.39 is 6.10 Å². The number of aliphatic hydroxyl groups excluding tert-OH is 1. The van der Waals surface area contributed by atoms with Crippen molar-refractivity contribution in [2.24, 2.45) is 5.92 Å². The number of aromatic nitrogens is 2. The predicted molar refractivity (Wildman–Crippen MR) is 82.1 cm³/mol. The number of hydrogen-bond donors (Lipinski definition) is 1. The number of aliphatic hydroxyl groups is 1. The van der Waals surface area contributed by atoms with E-state index in [-0.39, 0.29) is 5.60 Å². The van der Waals surface area contributed by atoms with Crippen LogP contribution in [0.2, 0.25) is 0 Å². The van der Waals surface area contributed by atoms with Crippen LogP contribution in [-0.4, -0.2) is 27.1 Å². The molecule has 0 radical (unpaired) electrons. The summed E-state index contributed by atoms with van der Waals surface area (Å²) in [6.45, 7) is 5.00. The molecule has 0 bridgehead atoms. The van der Waals surface area contributed by atoms with Gasteiger partial charge in [0, 0.05) is 24.4 Å². The van der Waals surface area contributed by atoms with E-state index in [1.54, 1.807) is 0 Å². The summed E-state index contributed by atoms with van der Waals surface area (Å²) in [4.78, 5) is 0. The van der Waals surface area contributed by atoms with Gasteiger partial charge in [-0.15, -0.1) is 0 Å². The van der Waals surface area contributed by atoms with Crippen LogP contribution in [0.3, 0.4) is 0 Å². The third-order valence-corrected chi connectivity index (χ3v) is 5.23. The Hall–Kier alpha value is -0.870. The molecule has 1 saturated heterocycles. The second-order valence-corrected chi connectivity index (χ2v) is 7.14. The Labute approximate surface area is 127 Å². The number of hydrogen-bond acceptors (Lipinski definition) is 3. The van der Waals surface area contributed by atoms with Crippen LogP contribution in [-0.2, 0) is 4.74 Å². The first-order chi connectivity index (χ1) is 10.1. The normalized spacial score (nSPS) is 27.1. The fourth-order valence-corrected chi connectivity index (χ4v) is 3.94. The Morgan fingerprint density at radius 1 is 1.33 bits per heavy atom. The van der Waals surface area contributed by atoms with E-state index in [0.29, 0.717) is 12.0 Å². The topological polar surface area (TPSA) is 47.3 Å². The minimum atomic E-state index is -0.403. The van der Waals surface area contributed by atoms with Gasteiger partial charge in [0.15, 0.2) is 0 Å². The molecule has 1 aliphatic carbocycles. The molecule has 2 atom stereocenters. The molecule has 4 heteroatoms. The van der Waals surface area contributed by atoms with Gasteiger partial charge in [0.05, 0.1) is 17.9 Å². The SMILES string of the molecule is CC(C)n1cc(C(O)C2CCOC3(CCCCC3)C2)cn1. The van der Waals surface area contributed by atoms with Gasteiger partial charge in [-0.1, -0.05) is 19.3 Å². The third-order valence-electron chi connectivity index (χ3n) is 5.23. The number of rotatable bonds is 3. The first kappa shape index (κ1) is 15.0. The van der Waals surface area contributed by atoms with Crippen molar-refractivity contribution < 1.29 is 9.84 Å². The van der Waals surface area contributed by atoms with Crippen molar-refractivity contribution in [1.29, 1.82) is 0 Å². The van der Waals surface area contributed by atoms with Crippen LogP contribution in [0.5, 0.6) is 0 Å². The summed E-state index contributed by atoms with van der Waals surface area (Å²) < 4.78 is 8.06. The van der Waals surface area contributed by atoms with Crippen molar-refractivity contribution in [2.45, 2.75) is 76.5 Å². The van der Waals surface area contributed by atoms with Crippen molar-refractivity contribution >= 4 is 0 Å². The molecule has 1 N–H and O–H groups in total. The highest BCUT2D eigenvalue weighted by molar-refractivity contribution is 5.11. The fraction of sp³-hybridized carbons (Fsp3) is 0.824. The summed E-state index contributed by atoms with van der Waals surface area (Å²) in [6, 6.07) is 0.338. The second kappa shape index (κ2) is 6.09. The van der Waals surface area contributed by atoms with Gasteiger partial charge in [-0.3, -0.25) is 4.68 Å². The summed E-state index contributed by atoms with van der Waals surface area (Å²) in [5, 5.41) is 15.1. The van der Waals surface area contributed by atoms with Gasteiger partial charge in [-0.2, -0.15) is 5.10 Å². The molecule has 3 rings (SSSR count). The smallest absolute Gasteiger partial charge is 0.0850 e. The van der Waals surface area contributed by atoms with E-state index in [1.807, 2.05) is 17.1 Å². The molecule has 0 amide bonds. The van der Waals surface area contributed by atoms with Gasteiger partial charge in [-0.25, -0.2) is 0 Å². The van der Waals surface area contributed by atoms with Crippen LogP contribution in [0.1, 0.15) is 76.5 Å². The zero-order chi connectivity index (χ0) is 14.9. The summed E-state index contributed by atoms with van der Waals surface area (Å²) in [6.07, 6.45) is 11.6. The molecule has 1 aliphatic heterocycles. The van der Waals surface area contributed by atoms with Gasteiger partial charge < -0.3 is 9.84 Å². The highest BCUT2D eigenvalue weighted by Crippen LogP contribution is 2.44. The van der Waals surface area contributed by atoms with Gasteiger partial charge in [0.25, 0.3) is 0 Å². The highest BCUT2D eigenvalue weighted by Gasteiger charge is 2.40. The Bertz CT molecular complexity index is 458. The molecule has 4 nitrogen and oxygen atoms in total. The predicted octanol–water partition coefficient (Wildman–Crippen LogP) is 3.63. The summed E-state index contributed by atoms with van der Waals surface area (Å²) >= 11 is 0. The minimum absolute atomic E-state index is 0.0518. The average Bonchev–Trinajstić information content (AvgIpc) is 2.97. The Kier molecular flexibility index (Phi) is 4.36. The van der Waals surface area contributed by atoms with Crippen molar-refractivity contribution in [3.8, 4) is 0 Å². The maximum atomic E-state index is 10.7. The molecule has 21 heavy (non-hydrogen) atoms. The Balaban J connectivity index is 1.69. The van der Waals surface area contributed by atoms with Crippen molar-refractivity contribution in [2.75, 3.05) is 6.61 Å². The molecule has 1 aromatic heterocycles. The standard InChI is InChI=1S/C17H28N2O2/c1-13(2)19-12-15(11-18-19)16(20)14-6-9-21-17(10-14)7-4-3-5-8-17/h11-14,16,20H,3-10H2,1-2H3. The first-order valence-corrected chi connectivity index (χ1v) is 8.46. The largest absolute Gasteiger partial charge is 0.388 e. The molecular weight excluding hydrogens is 264 g/mol. The first-order valence-electron chi connectivity index (χ1n) is 8.46. The zero-order valence-corrected chi connectivity index (χ0v) is 13.3. The van der Waals surface area contributed by atoms with E-state index in [0.717, 1.165) is 25.0 Å². The average molecular weight is 292 g/mol. The van der Waals surface area contributed by atoms with Crippen LogP contribution in [0.4, 0.5) is 0 Å². The quantitative estimate of drug-likeness (QED) is 0.925. The van der Waals surface area contributed by atoms with Crippen LogP contribution in [0.15, 0.2) is 12.4 Å². The molecule has 2 unspecified atom stereocenters. The molecular formula is C17H28N2O2. The Morgan fingerprint density at radius 3 is 2.76 bits per heavy atom. The Morgan fingerprint density at radius 2 is 2.10 bits per heavy atom. The maximum Gasteiger partial charge on any atom is 0.0850 e.